The molecule has 0 amide bonds. The fourth-order valence-corrected chi connectivity index (χ4v) is 6.60. The highest BCUT2D eigenvalue weighted by Crippen LogP contribution is 2.43. The zero-order valence-corrected chi connectivity index (χ0v) is 38.5. The Kier molecular flexibility index (Phi) is 43.9. The number of phosphoric acid groups is 1. The second-order valence-electron chi connectivity index (χ2n) is 15.0. The predicted octanol–water partition coefficient (Wildman–Crippen LogP) is 13.3. The first-order valence-electron chi connectivity index (χ1n) is 23.2. The van der Waals surface area contributed by atoms with Crippen LogP contribution in [0.1, 0.15) is 168 Å². The number of aliphatic hydroxyl groups excluding tert-OH is 2. The van der Waals surface area contributed by atoms with Crippen molar-refractivity contribution in [3.05, 3.63) is 97.2 Å². The maximum absolute atomic E-state index is 12.7. The molecule has 344 valence electrons. The molecule has 0 aliphatic carbocycles. The maximum Gasteiger partial charge on any atom is 0.472 e. The lowest BCUT2D eigenvalue weighted by atomic mass is 10.1. The number of hydrogen-bond donors (Lipinski definition) is 3. The summed E-state index contributed by atoms with van der Waals surface area (Å²) in [6.45, 7) is 3.23. The summed E-state index contributed by atoms with van der Waals surface area (Å²) in [6.07, 6.45) is 57.9. The van der Waals surface area contributed by atoms with Gasteiger partial charge in [0.25, 0.3) is 0 Å². The largest absolute Gasteiger partial charge is 0.472 e. The van der Waals surface area contributed by atoms with E-state index in [1.807, 2.05) is 0 Å². The molecular formula is C50H85O9P. The van der Waals surface area contributed by atoms with Crippen LogP contribution in [0.4, 0.5) is 0 Å². The third kappa shape index (κ3) is 44.9. The average molecular weight is 861 g/mol. The van der Waals surface area contributed by atoms with Crippen molar-refractivity contribution < 1.29 is 43.0 Å². The SMILES string of the molecule is CC/C=C\C/C=C\C/C=C\C/C=C\C/C=C\CCCCCCCC(=O)OC(COCCCCCCCCCC/C=C\C/C=C\C/C=C\CC)COP(=O)(O)OCC(O)CO. The zero-order valence-electron chi connectivity index (χ0n) is 37.6. The van der Waals surface area contributed by atoms with Gasteiger partial charge in [-0.05, 0) is 89.9 Å². The summed E-state index contributed by atoms with van der Waals surface area (Å²) < 4.78 is 33.4. The first kappa shape index (κ1) is 57.4. The van der Waals surface area contributed by atoms with Gasteiger partial charge in [-0.15, -0.1) is 0 Å². The third-order valence-electron chi connectivity index (χ3n) is 9.27. The van der Waals surface area contributed by atoms with E-state index in [0.29, 0.717) is 13.0 Å². The minimum atomic E-state index is -4.54. The fourth-order valence-electron chi connectivity index (χ4n) is 5.81. The van der Waals surface area contributed by atoms with Gasteiger partial charge in [0.05, 0.1) is 26.4 Å². The number of unbranched alkanes of at least 4 members (excludes halogenated alkanes) is 13. The molecule has 0 aliphatic heterocycles. The van der Waals surface area contributed by atoms with Crippen molar-refractivity contribution in [1.29, 1.82) is 0 Å². The molecule has 0 rings (SSSR count). The molecule has 0 aromatic carbocycles. The van der Waals surface area contributed by atoms with E-state index in [0.717, 1.165) is 109 Å². The molecule has 9 nitrogen and oxygen atoms in total. The van der Waals surface area contributed by atoms with E-state index in [1.165, 1.54) is 32.1 Å². The fraction of sp³-hybridized carbons (Fsp3) is 0.660. The number of esters is 1. The van der Waals surface area contributed by atoms with E-state index in [9.17, 15) is 19.4 Å². The minimum absolute atomic E-state index is 0.0296. The van der Waals surface area contributed by atoms with Crippen molar-refractivity contribution in [3.63, 3.8) is 0 Å². The molecule has 0 fully saturated rings. The molecule has 3 N–H and O–H groups in total. The van der Waals surface area contributed by atoms with E-state index in [-0.39, 0.29) is 13.0 Å². The summed E-state index contributed by atoms with van der Waals surface area (Å²) >= 11 is 0. The third-order valence-corrected chi connectivity index (χ3v) is 10.2. The molecule has 60 heavy (non-hydrogen) atoms. The molecular weight excluding hydrogens is 776 g/mol. The number of carbonyl (C=O) groups excluding carboxylic acids is 1. The Morgan fingerprint density at radius 1 is 0.517 bits per heavy atom. The summed E-state index contributed by atoms with van der Waals surface area (Å²) in [6, 6.07) is 0. The molecule has 0 spiro atoms. The number of rotatable bonds is 43. The Bertz CT molecular complexity index is 1250. The standard InChI is InChI=1S/C50H85O9P/c1-3-5-7-9-11-13-15-17-19-21-23-24-25-26-28-30-32-34-36-38-40-42-50(53)59-49(47-58-60(54,55)57-45-48(52)44-51)46-56-43-41-39-37-35-33-31-29-27-22-20-18-16-14-12-10-8-6-4-2/h5-8,11-14,17-20,23-24,26,28,48-49,51-52H,3-4,9-10,15-16,21-22,25,27,29-47H2,1-2H3,(H,54,55)/b7-5-,8-6-,13-11-,14-12-,19-17-,20-18-,24-23-,28-26-. The van der Waals surface area contributed by atoms with E-state index in [4.69, 9.17) is 23.6 Å². The Hall–Kier alpha value is -2.62. The highest BCUT2D eigenvalue weighted by molar-refractivity contribution is 7.47. The lowest BCUT2D eigenvalue weighted by molar-refractivity contribution is -0.154. The van der Waals surface area contributed by atoms with Crippen molar-refractivity contribution in [1.82, 2.24) is 0 Å². The van der Waals surface area contributed by atoms with Gasteiger partial charge in [0, 0.05) is 13.0 Å². The Morgan fingerprint density at radius 2 is 0.900 bits per heavy atom. The molecule has 0 heterocycles. The average Bonchev–Trinajstić information content (AvgIpc) is 3.24. The molecule has 0 saturated carbocycles. The van der Waals surface area contributed by atoms with Crippen LogP contribution in [0.2, 0.25) is 0 Å². The molecule has 0 bridgehead atoms. The lowest BCUT2D eigenvalue weighted by Crippen LogP contribution is -2.29. The van der Waals surface area contributed by atoms with Crippen molar-refractivity contribution in [2.75, 3.05) is 33.0 Å². The molecule has 3 atom stereocenters. The number of allylic oxidation sites excluding steroid dienone is 16. The number of phosphoric ester groups is 1. The van der Waals surface area contributed by atoms with Gasteiger partial charge in [-0.2, -0.15) is 0 Å². The molecule has 0 aliphatic rings. The van der Waals surface area contributed by atoms with Gasteiger partial charge in [-0.1, -0.05) is 169 Å². The summed E-state index contributed by atoms with van der Waals surface area (Å²) in [5, 5.41) is 18.4. The highest BCUT2D eigenvalue weighted by Gasteiger charge is 2.26. The van der Waals surface area contributed by atoms with Crippen molar-refractivity contribution in [3.8, 4) is 0 Å². The molecule has 0 radical (unpaired) electrons. The van der Waals surface area contributed by atoms with Gasteiger partial charge < -0.3 is 24.6 Å². The van der Waals surface area contributed by atoms with E-state index < -0.39 is 45.8 Å². The van der Waals surface area contributed by atoms with Gasteiger partial charge in [-0.3, -0.25) is 13.8 Å². The number of hydrogen-bond acceptors (Lipinski definition) is 8. The summed E-state index contributed by atoms with van der Waals surface area (Å²) in [7, 11) is -4.54. The van der Waals surface area contributed by atoms with Crippen LogP contribution in [0.25, 0.3) is 0 Å². The van der Waals surface area contributed by atoms with Crippen LogP contribution in [0.5, 0.6) is 0 Å². The quantitative estimate of drug-likeness (QED) is 0.0237. The molecule has 0 aromatic rings. The molecule has 0 aromatic heterocycles. The van der Waals surface area contributed by atoms with E-state index in [1.54, 1.807) is 0 Å². The van der Waals surface area contributed by atoms with Crippen LogP contribution in [0, 0.1) is 0 Å². The number of aliphatic hydroxyl groups is 2. The predicted molar refractivity (Wildman–Crippen MR) is 251 cm³/mol. The minimum Gasteiger partial charge on any atom is -0.457 e. The van der Waals surface area contributed by atoms with Gasteiger partial charge in [0.2, 0.25) is 0 Å². The van der Waals surface area contributed by atoms with Crippen LogP contribution in [0.15, 0.2) is 97.2 Å². The van der Waals surface area contributed by atoms with Crippen LogP contribution in [0.3, 0.4) is 0 Å². The highest BCUT2D eigenvalue weighted by atomic mass is 31.2. The lowest BCUT2D eigenvalue weighted by Gasteiger charge is -2.20. The maximum atomic E-state index is 12.7. The number of ether oxygens (including phenoxy) is 2. The van der Waals surface area contributed by atoms with Crippen LogP contribution in [-0.2, 0) is 27.9 Å². The monoisotopic (exact) mass is 861 g/mol. The Labute approximate surface area is 366 Å². The van der Waals surface area contributed by atoms with Crippen LogP contribution in [-0.4, -0.2) is 66.3 Å². The summed E-state index contributed by atoms with van der Waals surface area (Å²) in [4.78, 5) is 22.6. The first-order valence-corrected chi connectivity index (χ1v) is 24.7. The van der Waals surface area contributed by atoms with E-state index >= 15 is 0 Å². The molecule has 10 heteroatoms. The van der Waals surface area contributed by atoms with Gasteiger partial charge in [-0.25, -0.2) is 4.57 Å². The first-order chi connectivity index (χ1) is 29.3. The van der Waals surface area contributed by atoms with Crippen LogP contribution < -0.4 is 0 Å². The summed E-state index contributed by atoms with van der Waals surface area (Å²) in [5.41, 5.74) is 0. The molecule has 3 unspecified atom stereocenters. The van der Waals surface area contributed by atoms with Crippen molar-refractivity contribution in [2.24, 2.45) is 0 Å². The topological polar surface area (TPSA) is 132 Å². The molecule has 0 saturated heterocycles. The Morgan fingerprint density at radius 3 is 1.35 bits per heavy atom. The number of carbonyl (C=O) groups is 1. The van der Waals surface area contributed by atoms with Crippen molar-refractivity contribution >= 4 is 13.8 Å². The van der Waals surface area contributed by atoms with Gasteiger partial charge >= 0.3 is 13.8 Å². The summed E-state index contributed by atoms with van der Waals surface area (Å²) in [5.74, 6) is -0.408. The smallest absolute Gasteiger partial charge is 0.457 e. The van der Waals surface area contributed by atoms with E-state index in [2.05, 4.69) is 111 Å². The second kappa shape index (κ2) is 45.9. The normalized spacial score (nSPS) is 14.8. The second-order valence-corrected chi connectivity index (χ2v) is 16.5. The van der Waals surface area contributed by atoms with Gasteiger partial charge in [0.15, 0.2) is 0 Å². The van der Waals surface area contributed by atoms with Gasteiger partial charge in [0.1, 0.15) is 12.2 Å². The Balaban J connectivity index is 4.22. The van der Waals surface area contributed by atoms with Crippen LogP contribution >= 0.6 is 7.82 Å². The zero-order chi connectivity index (χ0) is 43.9. The van der Waals surface area contributed by atoms with Crippen molar-refractivity contribution in [2.45, 2.75) is 180 Å².